The molecular weight excluding hydrogens is 210 g/mol. The second kappa shape index (κ2) is 6.75. The zero-order chi connectivity index (χ0) is 12.1. The molecule has 2 fully saturated rings. The van der Waals surface area contributed by atoms with Crippen LogP contribution in [0.15, 0.2) is 0 Å². The molecule has 0 spiro atoms. The summed E-state index contributed by atoms with van der Waals surface area (Å²) in [4.78, 5) is 0. The van der Waals surface area contributed by atoms with Crippen LogP contribution in [0.5, 0.6) is 0 Å². The molecule has 0 aromatic carbocycles. The highest BCUT2D eigenvalue weighted by Gasteiger charge is 2.30. The Kier molecular flexibility index (Phi) is 5.30. The van der Waals surface area contributed by atoms with Crippen LogP contribution in [0.4, 0.5) is 0 Å². The van der Waals surface area contributed by atoms with E-state index in [9.17, 15) is 0 Å². The average molecular weight is 239 g/mol. The molecule has 0 aromatic heterocycles. The zero-order valence-corrected chi connectivity index (χ0v) is 11.6. The lowest BCUT2D eigenvalue weighted by Crippen LogP contribution is -2.38. The van der Waals surface area contributed by atoms with Gasteiger partial charge in [0.25, 0.3) is 0 Å². The van der Waals surface area contributed by atoms with E-state index < -0.39 is 0 Å². The van der Waals surface area contributed by atoms with Crippen LogP contribution in [0.2, 0.25) is 0 Å². The van der Waals surface area contributed by atoms with Crippen molar-refractivity contribution in [3.05, 3.63) is 0 Å². The third-order valence-corrected chi connectivity index (χ3v) is 4.58. The second-order valence-corrected chi connectivity index (χ2v) is 6.04. The largest absolute Gasteiger partial charge is 0.378 e. The summed E-state index contributed by atoms with van der Waals surface area (Å²) in [6, 6.07) is 0.702. The van der Waals surface area contributed by atoms with Crippen molar-refractivity contribution in [2.75, 3.05) is 13.2 Å². The number of nitrogens with one attached hydrogen (secondary N) is 1. The average Bonchev–Trinajstić information content (AvgIpc) is 2.77. The van der Waals surface area contributed by atoms with Crippen LogP contribution in [0, 0.1) is 11.8 Å². The first kappa shape index (κ1) is 13.4. The molecule has 0 aromatic rings. The van der Waals surface area contributed by atoms with Crippen LogP contribution < -0.4 is 5.32 Å². The van der Waals surface area contributed by atoms with E-state index in [1.54, 1.807) is 0 Å². The summed E-state index contributed by atoms with van der Waals surface area (Å²) in [5.41, 5.74) is 0. The standard InChI is InChI=1S/C15H29NO/c1-3-16-15(14-9-12(2)17-11-14)10-13-7-5-4-6-8-13/h12-16H,3-11H2,1-2H3. The minimum absolute atomic E-state index is 0.479. The summed E-state index contributed by atoms with van der Waals surface area (Å²) in [6.45, 7) is 6.52. The van der Waals surface area contributed by atoms with Crippen LogP contribution in [-0.4, -0.2) is 25.3 Å². The van der Waals surface area contributed by atoms with Gasteiger partial charge in [-0.15, -0.1) is 0 Å². The SMILES string of the molecule is CCNC(CC1CCCCC1)C1COC(C)C1. The quantitative estimate of drug-likeness (QED) is 0.794. The first-order valence-electron chi connectivity index (χ1n) is 7.64. The minimum Gasteiger partial charge on any atom is -0.378 e. The highest BCUT2D eigenvalue weighted by atomic mass is 16.5. The Bertz CT molecular complexity index is 213. The van der Waals surface area contributed by atoms with Gasteiger partial charge in [0, 0.05) is 12.0 Å². The Morgan fingerprint density at radius 2 is 2.00 bits per heavy atom. The lowest BCUT2D eigenvalue weighted by atomic mass is 9.81. The van der Waals surface area contributed by atoms with Gasteiger partial charge in [-0.2, -0.15) is 0 Å². The van der Waals surface area contributed by atoms with E-state index in [4.69, 9.17) is 4.74 Å². The first-order valence-corrected chi connectivity index (χ1v) is 7.64. The van der Waals surface area contributed by atoms with Crippen molar-refractivity contribution in [2.24, 2.45) is 11.8 Å². The van der Waals surface area contributed by atoms with Gasteiger partial charge in [0.15, 0.2) is 0 Å². The van der Waals surface area contributed by atoms with Crippen LogP contribution in [-0.2, 0) is 4.74 Å². The Hall–Kier alpha value is -0.0800. The van der Waals surface area contributed by atoms with E-state index in [0.717, 1.165) is 25.0 Å². The van der Waals surface area contributed by atoms with Gasteiger partial charge in [-0.05, 0) is 32.2 Å². The van der Waals surface area contributed by atoms with Crippen LogP contribution in [0.3, 0.4) is 0 Å². The van der Waals surface area contributed by atoms with Crippen molar-refractivity contribution >= 4 is 0 Å². The highest BCUT2D eigenvalue weighted by molar-refractivity contribution is 4.84. The Labute approximate surface area is 107 Å². The van der Waals surface area contributed by atoms with Gasteiger partial charge in [0.2, 0.25) is 0 Å². The number of hydrogen-bond donors (Lipinski definition) is 1. The monoisotopic (exact) mass is 239 g/mol. The molecular formula is C15H29NO. The molecule has 1 N–H and O–H groups in total. The van der Waals surface area contributed by atoms with Crippen molar-refractivity contribution in [3.63, 3.8) is 0 Å². The fourth-order valence-electron chi connectivity index (χ4n) is 3.62. The van der Waals surface area contributed by atoms with E-state index in [1.807, 2.05) is 0 Å². The summed E-state index contributed by atoms with van der Waals surface area (Å²) >= 11 is 0. The molecule has 1 heterocycles. The normalized spacial score (nSPS) is 32.8. The summed E-state index contributed by atoms with van der Waals surface area (Å²) in [5, 5.41) is 3.71. The lowest BCUT2D eigenvalue weighted by molar-refractivity contribution is 0.115. The fraction of sp³-hybridized carbons (Fsp3) is 1.00. The van der Waals surface area contributed by atoms with Crippen LogP contribution in [0.1, 0.15) is 58.8 Å². The maximum Gasteiger partial charge on any atom is 0.0551 e. The molecule has 3 atom stereocenters. The van der Waals surface area contributed by atoms with Gasteiger partial charge >= 0.3 is 0 Å². The molecule has 2 nitrogen and oxygen atoms in total. The molecule has 1 saturated heterocycles. The maximum atomic E-state index is 5.74. The molecule has 0 bridgehead atoms. The van der Waals surface area contributed by atoms with Gasteiger partial charge in [0.1, 0.15) is 0 Å². The first-order chi connectivity index (χ1) is 8.29. The molecule has 0 radical (unpaired) electrons. The van der Waals surface area contributed by atoms with Crippen LogP contribution in [0.25, 0.3) is 0 Å². The summed E-state index contributed by atoms with van der Waals surface area (Å²) < 4.78 is 5.74. The molecule has 1 saturated carbocycles. The molecule has 3 unspecified atom stereocenters. The van der Waals surface area contributed by atoms with E-state index in [1.165, 1.54) is 44.9 Å². The Morgan fingerprint density at radius 3 is 2.59 bits per heavy atom. The summed E-state index contributed by atoms with van der Waals surface area (Å²) in [5.74, 6) is 1.73. The van der Waals surface area contributed by atoms with Gasteiger partial charge in [-0.25, -0.2) is 0 Å². The van der Waals surface area contributed by atoms with Gasteiger partial charge in [0.05, 0.1) is 12.7 Å². The smallest absolute Gasteiger partial charge is 0.0551 e. The second-order valence-electron chi connectivity index (χ2n) is 6.04. The van der Waals surface area contributed by atoms with Crippen molar-refractivity contribution < 1.29 is 4.74 Å². The number of hydrogen-bond acceptors (Lipinski definition) is 2. The molecule has 2 heteroatoms. The van der Waals surface area contributed by atoms with Gasteiger partial charge < -0.3 is 10.1 Å². The van der Waals surface area contributed by atoms with E-state index in [0.29, 0.717) is 12.1 Å². The van der Waals surface area contributed by atoms with E-state index >= 15 is 0 Å². The van der Waals surface area contributed by atoms with E-state index in [-0.39, 0.29) is 0 Å². The van der Waals surface area contributed by atoms with Crippen molar-refractivity contribution in [3.8, 4) is 0 Å². The van der Waals surface area contributed by atoms with Crippen molar-refractivity contribution in [2.45, 2.75) is 70.9 Å². The third-order valence-electron chi connectivity index (χ3n) is 4.58. The summed E-state index contributed by atoms with van der Waals surface area (Å²) in [7, 11) is 0. The molecule has 17 heavy (non-hydrogen) atoms. The molecule has 0 amide bonds. The molecule has 2 rings (SSSR count). The lowest BCUT2D eigenvalue weighted by Gasteiger charge is -2.30. The molecule has 100 valence electrons. The Morgan fingerprint density at radius 1 is 1.24 bits per heavy atom. The van der Waals surface area contributed by atoms with Crippen molar-refractivity contribution in [1.29, 1.82) is 0 Å². The summed E-state index contributed by atoms with van der Waals surface area (Å²) in [6.07, 6.45) is 10.4. The van der Waals surface area contributed by atoms with Gasteiger partial charge in [-0.1, -0.05) is 39.0 Å². The molecule has 1 aliphatic heterocycles. The van der Waals surface area contributed by atoms with Gasteiger partial charge in [-0.3, -0.25) is 0 Å². The number of rotatable bonds is 5. The molecule has 2 aliphatic rings. The highest BCUT2D eigenvalue weighted by Crippen LogP contribution is 2.31. The minimum atomic E-state index is 0.479. The topological polar surface area (TPSA) is 21.3 Å². The van der Waals surface area contributed by atoms with E-state index in [2.05, 4.69) is 19.2 Å². The predicted octanol–water partition coefficient (Wildman–Crippen LogP) is 3.36. The fourth-order valence-corrected chi connectivity index (χ4v) is 3.62. The third kappa shape index (κ3) is 3.96. The Balaban J connectivity index is 1.82. The predicted molar refractivity (Wildman–Crippen MR) is 72.2 cm³/mol. The zero-order valence-electron chi connectivity index (χ0n) is 11.6. The van der Waals surface area contributed by atoms with Crippen LogP contribution >= 0.6 is 0 Å². The molecule has 1 aliphatic carbocycles. The van der Waals surface area contributed by atoms with Crippen molar-refractivity contribution in [1.82, 2.24) is 5.32 Å². The number of ether oxygens (including phenoxy) is 1. The maximum absolute atomic E-state index is 5.74.